The van der Waals surface area contributed by atoms with Crippen molar-refractivity contribution in [2.45, 2.75) is 50.7 Å². The Kier molecular flexibility index (Phi) is 14.4. The average molecular weight is 217 g/mol. The molecule has 2 unspecified atom stereocenters. The lowest BCUT2D eigenvalue weighted by molar-refractivity contribution is 0.244. The van der Waals surface area contributed by atoms with Gasteiger partial charge in [-0.1, -0.05) is 49.9 Å². The van der Waals surface area contributed by atoms with Crippen LogP contribution < -0.4 is 0 Å². The van der Waals surface area contributed by atoms with E-state index in [0.29, 0.717) is 12.8 Å². The zero-order valence-electron chi connectivity index (χ0n) is 7.63. The van der Waals surface area contributed by atoms with Gasteiger partial charge in [-0.3, -0.25) is 0 Å². The van der Waals surface area contributed by atoms with Crippen LogP contribution in [0.15, 0.2) is 0 Å². The maximum atomic E-state index is 8.32. The molecular weight excluding hydrogens is 199 g/mol. The van der Waals surface area contributed by atoms with Crippen LogP contribution in [-0.4, -0.2) is 21.3 Å². The molecule has 0 aromatic heterocycles. The van der Waals surface area contributed by atoms with E-state index in [1.54, 1.807) is 0 Å². The molecule has 0 fully saturated rings. The van der Waals surface area contributed by atoms with Gasteiger partial charge in [-0.2, -0.15) is 0 Å². The number of aliphatic hydroxyl groups excluding tert-OH is 2. The summed E-state index contributed by atoms with van der Waals surface area (Å²) in [5.41, 5.74) is -1.26. The molecule has 76 valence electrons. The summed E-state index contributed by atoms with van der Waals surface area (Å²) >= 11 is 10.3. The van der Waals surface area contributed by atoms with Crippen LogP contribution in [0.5, 0.6) is 0 Å². The molecule has 0 aliphatic rings. The van der Waals surface area contributed by atoms with E-state index < -0.39 is 11.1 Å². The van der Waals surface area contributed by atoms with Gasteiger partial charge >= 0.3 is 0 Å². The molecule has 0 amide bonds. The normalized spacial score (nSPS) is 14.5. The molecule has 2 atom stereocenters. The van der Waals surface area contributed by atoms with E-state index >= 15 is 0 Å². The summed E-state index contributed by atoms with van der Waals surface area (Å²) in [6, 6.07) is 0. The lowest BCUT2D eigenvalue weighted by atomic mass is 10.4. The van der Waals surface area contributed by atoms with E-state index in [1.807, 2.05) is 13.8 Å². The summed E-state index contributed by atoms with van der Waals surface area (Å²) in [4.78, 5) is 0. The van der Waals surface area contributed by atoms with Crippen molar-refractivity contribution in [3.63, 3.8) is 0 Å². The minimum Gasteiger partial charge on any atom is -0.378 e. The Balaban J connectivity index is 0. The zero-order valence-corrected chi connectivity index (χ0v) is 9.15. The van der Waals surface area contributed by atoms with Gasteiger partial charge in [-0.05, 0) is 12.8 Å². The first-order chi connectivity index (χ1) is 5.54. The fourth-order valence-electron chi connectivity index (χ4n) is 0.476. The summed E-state index contributed by atoms with van der Waals surface area (Å²) in [7, 11) is 0. The van der Waals surface area contributed by atoms with E-state index in [2.05, 4.69) is 0 Å². The van der Waals surface area contributed by atoms with E-state index in [1.165, 1.54) is 0 Å². The zero-order chi connectivity index (χ0) is 9.98. The van der Waals surface area contributed by atoms with Crippen LogP contribution in [0.4, 0.5) is 0 Å². The third-order valence-corrected chi connectivity index (χ3v) is 1.49. The van der Waals surface area contributed by atoms with Gasteiger partial charge in [-0.25, -0.2) is 0 Å². The van der Waals surface area contributed by atoms with Crippen LogP contribution in [0.1, 0.15) is 39.5 Å². The lowest BCUT2D eigenvalue weighted by Gasteiger charge is -1.92. The fourth-order valence-corrected chi connectivity index (χ4v) is 0.913. The number of halogens is 2. The summed E-state index contributed by atoms with van der Waals surface area (Å²) in [6.45, 7) is 3.96. The molecule has 0 saturated heterocycles. The molecule has 0 aromatic rings. The first kappa shape index (κ1) is 15.0. The maximum absolute atomic E-state index is 8.32. The topological polar surface area (TPSA) is 40.5 Å². The molecule has 0 rings (SSSR count). The van der Waals surface area contributed by atoms with Crippen molar-refractivity contribution < 1.29 is 10.2 Å². The summed E-state index contributed by atoms with van der Waals surface area (Å²) < 4.78 is 0. The quantitative estimate of drug-likeness (QED) is 0.710. The summed E-state index contributed by atoms with van der Waals surface area (Å²) in [6.07, 6.45) is 3.29. The predicted octanol–water partition coefficient (Wildman–Crippen LogP) is 2.69. The second kappa shape index (κ2) is 11.5. The smallest absolute Gasteiger partial charge is 0.128 e. The standard InChI is InChI=1S/2C4H9ClO/c2*1-2-3-4(5)6/h2*4,6H,2-3H2,1H3. The van der Waals surface area contributed by atoms with Crippen LogP contribution in [0.25, 0.3) is 0 Å². The van der Waals surface area contributed by atoms with Gasteiger partial charge in [0.15, 0.2) is 0 Å². The Bertz CT molecular complexity index is 67.5. The first-order valence-electron chi connectivity index (χ1n) is 4.18. The monoisotopic (exact) mass is 216 g/mol. The summed E-state index contributed by atoms with van der Waals surface area (Å²) in [5.74, 6) is 0. The van der Waals surface area contributed by atoms with Gasteiger partial charge in [0, 0.05) is 0 Å². The predicted molar refractivity (Wildman–Crippen MR) is 53.5 cm³/mol. The Hall–Kier alpha value is 0.500. The minimum atomic E-state index is -0.630. The van der Waals surface area contributed by atoms with Crippen molar-refractivity contribution in [2.24, 2.45) is 0 Å². The number of rotatable bonds is 4. The molecule has 0 heterocycles. The maximum Gasteiger partial charge on any atom is 0.128 e. The van der Waals surface area contributed by atoms with E-state index in [4.69, 9.17) is 33.4 Å². The second-order valence-electron chi connectivity index (χ2n) is 2.45. The third-order valence-electron chi connectivity index (χ3n) is 1.05. The highest BCUT2D eigenvalue weighted by Gasteiger charge is 1.90. The van der Waals surface area contributed by atoms with Crippen molar-refractivity contribution in [1.29, 1.82) is 0 Å². The van der Waals surface area contributed by atoms with Crippen LogP contribution in [-0.2, 0) is 0 Å². The van der Waals surface area contributed by atoms with Crippen molar-refractivity contribution in [1.82, 2.24) is 0 Å². The Morgan fingerprint density at radius 2 is 1.17 bits per heavy atom. The largest absolute Gasteiger partial charge is 0.378 e. The minimum absolute atomic E-state index is 0.630. The summed E-state index contributed by atoms with van der Waals surface area (Å²) in [5, 5.41) is 16.6. The van der Waals surface area contributed by atoms with Gasteiger partial charge in [0.05, 0.1) is 0 Å². The Labute approximate surface area is 84.5 Å². The number of alkyl halides is 2. The Morgan fingerprint density at radius 3 is 1.17 bits per heavy atom. The molecule has 0 bridgehead atoms. The highest BCUT2D eigenvalue weighted by atomic mass is 35.5. The van der Waals surface area contributed by atoms with Crippen molar-refractivity contribution >= 4 is 23.2 Å². The van der Waals surface area contributed by atoms with Crippen molar-refractivity contribution in [2.75, 3.05) is 0 Å². The van der Waals surface area contributed by atoms with Crippen LogP contribution in [0.2, 0.25) is 0 Å². The van der Waals surface area contributed by atoms with Crippen LogP contribution >= 0.6 is 23.2 Å². The number of aliphatic hydroxyl groups is 2. The van der Waals surface area contributed by atoms with Gasteiger partial charge in [0.2, 0.25) is 0 Å². The van der Waals surface area contributed by atoms with Gasteiger partial charge in [0.1, 0.15) is 11.1 Å². The number of hydrogen-bond donors (Lipinski definition) is 2. The molecule has 12 heavy (non-hydrogen) atoms. The average Bonchev–Trinajstić information content (AvgIpc) is 1.87. The Morgan fingerprint density at radius 1 is 0.917 bits per heavy atom. The molecule has 0 aliphatic carbocycles. The molecule has 0 radical (unpaired) electrons. The van der Waals surface area contributed by atoms with Gasteiger partial charge < -0.3 is 10.2 Å². The molecule has 0 aromatic carbocycles. The molecule has 2 N–H and O–H groups in total. The highest BCUT2D eigenvalue weighted by molar-refractivity contribution is 6.19. The molecule has 0 aliphatic heterocycles. The molecule has 0 saturated carbocycles. The third kappa shape index (κ3) is 22.4. The SMILES string of the molecule is CCCC(O)Cl.CCCC(O)Cl. The van der Waals surface area contributed by atoms with E-state index in [0.717, 1.165) is 12.8 Å². The van der Waals surface area contributed by atoms with Crippen molar-refractivity contribution in [3.05, 3.63) is 0 Å². The van der Waals surface area contributed by atoms with Crippen molar-refractivity contribution in [3.8, 4) is 0 Å². The van der Waals surface area contributed by atoms with Gasteiger partial charge in [-0.15, -0.1) is 0 Å². The van der Waals surface area contributed by atoms with E-state index in [9.17, 15) is 0 Å². The number of hydrogen-bond acceptors (Lipinski definition) is 2. The second-order valence-corrected chi connectivity index (χ2v) is 3.45. The molecule has 4 heteroatoms. The van der Waals surface area contributed by atoms with Gasteiger partial charge in [0.25, 0.3) is 0 Å². The van der Waals surface area contributed by atoms with E-state index in [-0.39, 0.29) is 0 Å². The molecular formula is C8H18Cl2O2. The molecule has 2 nitrogen and oxygen atoms in total. The highest BCUT2D eigenvalue weighted by Crippen LogP contribution is 1.98. The van der Waals surface area contributed by atoms with Crippen LogP contribution in [0.3, 0.4) is 0 Å². The first-order valence-corrected chi connectivity index (χ1v) is 5.06. The lowest BCUT2D eigenvalue weighted by Crippen LogP contribution is -1.91. The fraction of sp³-hybridized carbons (Fsp3) is 1.00. The van der Waals surface area contributed by atoms with Crippen LogP contribution in [0, 0.1) is 0 Å². The molecule has 0 spiro atoms.